The summed E-state index contributed by atoms with van der Waals surface area (Å²) < 4.78 is 0. The van der Waals surface area contributed by atoms with E-state index < -0.39 is 0 Å². The third-order valence-electron chi connectivity index (χ3n) is 8.89. The van der Waals surface area contributed by atoms with Gasteiger partial charge in [-0.2, -0.15) is 12.6 Å². The highest BCUT2D eigenvalue weighted by Gasteiger charge is 2.29. The molecule has 0 nitrogen and oxygen atoms in total. The Hall–Kier alpha value is -3.21. The lowest BCUT2D eigenvalue weighted by Gasteiger charge is -2.28. The summed E-state index contributed by atoms with van der Waals surface area (Å²) in [5, 5.41) is 0.192. The third-order valence-corrected chi connectivity index (χ3v) is 9.20. The molecule has 0 radical (unpaired) electrons. The van der Waals surface area contributed by atoms with E-state index in [0.29, 0.717) is 12.3 Å². The van der Waals surface area contributed by atoms with Crippen molar-refractivity contribution < 1.29 is 0 Å². The van der Waals surface area contributed by atoms with E-state index in [1.807, 2.05) is 6.08 Å². The Morgan fingerprint density at radius 1 is 1.02 bits per heavy atom. The van der Waals surface area contributed by atoms with E-state index in [4.69, 9.17) is 12.6 Å². The van der Waals surface area contributed by atoms with Gasteiger partial charge in [-0.05, 0) is 113 Å². The second-order valence-electron chi connectivity index (χ2n) is 11.6. The van der Waals surface area contributed by atoms with Crippen LogP contribution in [0.5, 0.6) is 0 Å². The fourth-order valence-electron chi connectivity index (χ4n) is 6.42. The Bertz CT molecular complexity index is 1450. The first-order chi connectivity index (χ1) is 19.5. The van der Waals surface area contributed by atoms with Gasteiger partial charge in [0.25, 0.3) is 0 Å². The molecule has 0 spiro atoms. The molecular weight excluding hydrogens is 500 g/mol. The second-order valence-corrected chi connectivity index (χ2v) is 12.3. The second kappa shape index (κ2) is 13.0. The minimum Gasteiger partial charge on any atom is -0.172 e. The predicted molar refractivity (Wildman–Crippen MR) is 177 cm³/mol. The zero-order valence-corrected chi connectivity index (χ0v) is 25.1. The average Bonchev–Trinajstić information content (AvgIpc) is 3.67. The van der Waals surface area contributed by atoms with Crippen molar-refractivity contribution in [3.8, 4) is 11.8 Å². The number of hydrogen-bond donors (Lipinski definition) is 1. The molecule has 0 aliphatic heterocycles. The summed E-state index contributed by atoms with van der Waals surface area (Å²) in [6.07, 6.45) is 25.6. The summed E-state index contributed by atoms with van der Waals surface area (Å²) in [5.74, 6) is 7.32. The van der Waals surface area contributed by atoms with E-state index in [2.05, 4.69) is 99.6 Å². The molecule has 0 amide bonds. The topological polar surface area (TPSA) is 0 Å². The lowest BCUT2D eigenvalue weighted by atomic mass is 9.76. The van der Waals surface area contributed by atoms with Crippen LogP contribution in [-0.4, -0.2) is 5.25 Å². The standard InChI is InChI=1S/C39H42S/c1-5-31-21-18-28(3)27(2)12-7-6-8-13-30-19-22-32(23-20-30)34-24-25-36(33-14-9-10-15-33)38(26-34)39(31)37-17-11-16-35(37)29(4)40/h5,11,17-25,29,33,40H,1-2,8-10,12-16,26H2,3-4H3/b28-18+,31-21?,39-38?. The van der Waals surface area contributed by atoms with Gasteiger partial charge in [-0.15, -0.1) is 5.92 Å². The van der Waals surface area contributed by atoms with Gasteiger partial charge in [0.15, 0.2) is 0 Å². The number of thiol groups is 1. The molecule has 1 heteroatoms. The minimum atomic E-state index is 0.192. The van der Waals surface area contributed by atoms with E-state index in [0.717, 1.165) is 31.3 Å². The maximum absolute atomic E-state index is 4.92. The van der Waals surface area contributed by atoms with Gasteiger partial charge in [0, 0.05) is 18.1 Å². The number of allylic oxidation sites excluding steroid dienone is 15. The van der Waals surface area contributed by atoms with Crippen LogP contribution in [0.25, 0.3) is 5.57 Å². The molecule has 0 saturated heterocycles. The smallest absolute Gasteiger partial charge is 0.0337 e. The van der Waals surface area contributed by atoms with E-state index in [1.165, 1.54) is 81.4 Å². The van der Waals surface area contributed by atoms with Crippen molar-refractivity contribution in [3.63, 3.8) is 0 Å². The quantitative estimate of drug-likeness (QED) is 0.284. The fraction of sp³-hybridized carbons (Fsp3) is 0.333. The lowest BCUT2D eigenvalue weighted by Crippen LogP contribution is -2.12. The van der Waals surface area contributed by atoms with Crippen molar-refractivity contribution in [2.45, 2.75) is 76.9 Å². The molecule has 0 heterocycles. The fourth-order valence-corrected chi connectivity index (χ4v) is 6.67. The van der Waals surface area contributed by atoms with Crippen LogP contribution in [0, 0.1) is 17.8 Å². The van der Waals surface area contributed by atoms with E-state index in [-0.39, 0.29) is 5.25 Å². The van der Waals surface area contributed by atoms with Gasteiger partial charge in [-0.25, -0.2) is 0 Å². The van der Waals surface area contributed by atoms with Crippen molar-refractivity contribution in [3.05, 3.63) is 136 Å². The monoisotopic (exact) mass is 542 g/mol. The number of rotatable bonds is 4. The Morgan fingerprint density at radius 2 is 1.80 bits per heavy atom. The molecule has 1 atom stereocenters. The summed E-state index contributed by atoms with van der Waals surface area (Å²) in [6, 6.07) is 9.17. The minimum absolute atomic E-state index is 0.192. The SMILES string of the molecule is C=CC1=C/C=C(\C)C(=C)CC#CCCc2ccc(cc2)C2=CC=C(C3CCCC3)C(=C1C1=C(C(C)S)CC=C1)C2. The summed E-state index contributed by atoms with van der Waals surface area (Å²) in [6.45, 7) is 13.0. The first kappa shape index (κ1) is 28.3. The van der Waals surface area contributed by atoms with Crippen molar-refractivity contribution >= 4 is 18.2 Å². The van der Waals surface area contributed by atoms with Gasteiger partial charge in [0.05, 0.1) is 0 Å². The van der Waals surface area contributed by atoms with Crippen LogP contribution in [0.4, 0.5) is 0 Å². The Kier molecular flexibility index (Phi) is 9.18. The summed E-state index contributed by atoms with van der Waals surface area (Å²) in [5.41, 5.74) is 14.5. The van der Waals surface area contributed by atoms with E-state index in [9.17, 15) is 0 Å². The molecule has 1 unspecified atom stereocenters. The molecule has 0 N–H and O–H groups in total. The maximum Gasteiger partial charge on any atom is 0.0337 e. The van der Waals surface area contributed by atoms with Crippen LogP contribution in [0.1, 0.15) is 76.3 Å². The van der Waals surface area contributed by atoms with Crippen molar-refractivity contribution in [1.82, 2.24) is 0 Å². The highest BCUT2D eigenvalue weighted by atomic mass is 32.1. The Balaban J connectivity index is 1.76. The normalized spacial score (nSPS) is 22.5. The van der Waals surface area contributed by atoms with Gasteiger partial charge < -0.3 is 0 Å². The molecular formula is C39H42S. The lowest BCUT2D eigenvalue weighted by molar-refractivity contribution is 0.644. The predicted octanol–water partition coefficient (Wildman–Crippen LogP) is 10.4. The van der Waals surface area contributed by atoms with Crippen molar-refractivity contribution in [2.75, 3.05) is 0 Å². The molecule has 1 fully saturated rings. The molecule has 6 rings (SSSR count). The van der Waals surface area contributed by atoms with Crippen LogP contribution in [0.2, 0.25) is 0 Å². The number of aryl methyl sites for hydroxylation is 1. The van der Waals surface area contributed by atoms with Crippen molar-refractivity contribution in [2.24, 2.45) is 5.92 Å². The molecule has 40 heavy (non-hydrogen) atoms. The van der Waals surface area contributed by atoms with E-state index in [1.54, 1.807) is 0 Å². The number of benzene rings is 1. The van der Waals surface area contributed by atoms with Crippen LogP contribution >= 0.6 is 12.6 Å². The average molecular weight is 543 g/mol. The molecule has 0 aromatic heterocycles. The summed E-state index contributed by atoms with van der Waals surface area (Å²) in [4.78, 5) is 0. The van der Waals surface area contributed by atoms with Crippen LogP contribution in [0.3, 0.4) is 0 Å². The van der Waals surface area contributed by atoms with Gasteiger partial charge in [0.2, 0.25) is 0 Å². The first-order valence-corrected chi connectivity index (χ1v) is 15.4. The Morgan fingerprint density at radius 3 is 2.52 bits per heavy atom. The van der Waals surface area contributed by atoms with Crippen LogP contribution < -0.4 is 0 Å². The highest BCUT2D eigenvalue weighted by molar-refractivity contribution is 7.81. The third kappa shape index (κ3) is 6.24. The van der Waals surface area contributed by atoms with Gasteiger partial charge in [0.1, 0.15) is 0 Å². The summed E-state index contributed by atoms with van der Waals surface area (Å²) in [7, 11) is 0. The van der Waals surface area contributed by atoms with Gasteiger partial charge in [-0.3, -0.25) is 0 Å². The van der Waals surface area contributed by atoms with E-state index >= 15 is 0 Å². The molecule has 5 aliphatic carbocycles. The van der Waals surface area contributed by atoms with Crippen LogP contribution in [-0.2, 0) is 6.42 Å². The Labute approximate surface area is 247 Å². The zero-order chi connectivity index (χ0) is 28.1. The molecule has 204 valence electrons. The highest BCUT2D eigenvalue weighted by Crippen LogP contribution is 2.46. The van der Waals surface area contributed by atoms with Gasteiger partial charge >= 0.3 is 0 Å². The maximum atomic E-state index is 4.92. The molecule has 1 aromatic carbocycles. The molecule has 4 bridgehead atoms. The van der Waals surface area contributed by atoms with Crippen LogP contribution in [0.15, 0.2) is 125 Å². The molecule has 1 saturated carbocycles. The zero-order valence-electron chi connectivity index (χ0n) is 24.2. The molecule has 5 aliphatic rings. The first-order valence-electron chi connectivity index (χ1n) is 14.9. The number of hydrogen-bond acceptors (Lipinski definition) is 1. The largest absolute Gasteiger partial charge is 0.172 e. The van der Waals surface area contributed by atoms with Gasteiger partial charge in [-0.1, -0.05) is 98.7 Å². The molecule has 1 aromatic rings. The van der Waals surface area contributed by atoms with Crippen molar-refractivity contribution in [1.29, 1.82) is 0 Å². The summed E-state index contributed by atoms with van der Waals surface area (Å²) >= 11 is 4.92. The number of fused-ring (bicyclic) bond motifs is 9.